The predicted molar refractivity (Wildman–Crippen MR) is 80.8 cm³/mol. The number of aryl methyl sites for hydroxylation is 1. The normalized spacial score (nSPS) is 10.7. The van der Waals surface area contributed by atoms with Crippen LogP contribution < -0.4 is 5.32 Å². The van der Waals surface area contributed by atoms with E-state index in [9.17, 15) is 4.39 Å². The van der Waals surface area contributed by atoms with Gasteiger partial charge in [-0.2, -0.15) is 0 Å². The third-order valence-electron chi connectivity index (χ3n) is 2.94. The van der Waals surface area contributed by atoms with Crippen molar-refractivity contribution in [2.24, 2.45) is 0 Å². The second kappa shape index (κ2) is 6.51. The molecule has 0 aliphatic carbocycles. The highest BCUT2D eigenvalue weighted by Crippen LogP contribution is 2.18. The Kier molecular flexibility index (Phi) is 4.97. The van der Waals surface area contributed by atoms with Crippen molar-refractivity contribution in [1.82, 2.24) is 5.32 Å². The summed E-state index contributed by atoms with van der Waals surface area (Å²) >= 11 is 9.33. The van der Waals surface area contributed by atoms with Gasteiger partial charge in [0.1, 0.15) is 5.82 Å². The first-order chi connectivity index (χ1) is 9.06. The molecule has 0 fully saturated rings. The van der Waals surface area contributed by atoms with Gasteiger partial charge in [-0.3, -0.25) is 0 Å². The van der Waals surface area contributed by atoms with E-state index in [4.69, 9.17) is 11.6 Å². The van der Waals surface area contributed by atoms with Crippen LogP contribution in [0.15, 0.2) is 40.9 Å². The van der Waals surface area contributed by atoms with Gasteiger partial charge in [-0.15, -0.1) is 0 Å². The van der Waals surface area contributed by atoms with Crippen molar-refractivity contribution in [2.75, 3.05) is 0 Å². The summed E-state index contributed by atoms with van der Waals surface area (Å²) in [5.74, 6) is -0.220. The fourth-order valence-electron chi connectivity index (χ4n) is 1.87. The molecule has 0 atom stereocenters. The lowest BCUT2D eigenvalue weighted by Crippen LogP contribution is -2.14. The summed E-state index contributed by atoms with van der Waals surface area (Å²) in [5, 5.41) is 4.05. The largest absolute Gasteiger partial charge is 0.309 e. The molecule has 0 aliphatic rings. The zero-order valence-corrected chi connectivity index (χ0v) is 12.9. The van der Waals surface area contributed by atoms with Gasteiger partial charge in [0.05, 0.1) is 0 Å². The quantitative estimate of drug-likeness (QED) is 0.838. The third kappa shape index (κ3) is 4.03. The Labute approximate surface area is 125 Å². The van der Waals surface area contributed by atoms with Crippen molar-refractivity contribution in [3.63, 3.8) is 0 Å². The maximum absolute atomic E-state index is 13.1. The lowest BCUT2D eigenvalue weighted by molar-refractivity contribution is 0.619. The van der Waals surface area contributed by atoms with Gasteiger partial charge in [-0.05, 0) is 53.9 Å². The highest BCUT2D eigenvalue weighted by atomic mass is 79.9. The molecule has 0 heterocycles. The minimum Gasteiger partial charge on any atom is -0.309 e. The molecule has 1 N–H and O–H groups in total. The molecule has 1 nitrogen and oxygen atoms in total. The minimum absolute atomic E-state index is 0.220. The molecule has 19 heavy (non-hydrogen) atoms. The van der Waals surface area contributed by atoms with Crippen LogP contribution >= 0.6 is 27.5 Å². The molecular formula is C15H14BrClFN. The van der Waals surface area contributed by atoms with Crippen LogP contribution in [0.25, 0.3) is 0 Å². The molecule has 2 aromatic carbocycles. The van der Waals surface area contributed by atoms with Crippen molar-refractivity contribution < 1.29 is 4.39 Å². The first-order valence-corrected chi connectivity index (χ1v) is 7.13. The number of benzene rings is 2. The Morgan fingerprint density at radius 2 is 1.84 bits per heavy atom. The standard InChI is InChI=1S/C15H14BrClFN/c1-10-6-13(17)3-2-11(10)8-19-9-12-7-14(18)4-5-15(12)16/h2-7,19H,8-9H2,1H3. The van der Waals surface area contributed by atoms with Crippen molar-refractivity contribution in [1.29, 1.82) is 0 Å². The molecular weight excluding hydrogens is 329 g/mol. The summed E-state index contributed by atoms with van der Waals surface area (Å²) in [6, 6.07) is 10.5. The molecule has 2 rings (SSSR count). The first kappa shape index (κ1) is 14.5. The predicted octanol–water partition coefficient (Wildman–Crippen LogP) is 4.84. The third-order valence-corrected chi connectivity index (χ3v) is 3.95. The van der Waals surface area contributed by atoms with Crippen molar-refractivity contribution in [3.05, 3.63) is 68.4 Å². The Morgan fingerprint density at radius 3 is 2.58 bits per heavy atom. The summed E-state index contributed by atoms with van der Waals surface area (Å²) < 4.78 is 14.1. The van der Waals surface area contributed by atoms with E-state index in [1.165, 1.54) is 17.7 Å². The minimum atomic E-state index is -0.220. The average molecular weight is 343 g/mol. The van der Waals surface area contributed by atoms with Gasteiger partial charge in [0.15, 0.2) is 0 Å². The highest BCUT2D eigenvalue weighted by molar-refractivity contribution is 9.10. The summed E-state index contributed by atoms with van der Waals surface area (Å²) in [7, 11) is 0. The average Bonchev–Trinajstić information content (AvgIpc) is 2.36. The smallest absolute Gasteiger partial charge is 0.123 e. The van der Waals surface area contributed by atoms with Gasteiger partial charge >= 0.3 is 0 Å². The van der Waals surface area contributed by atoms with E-state index in [1.54, 1.807) is 6.07 Å². The molecule has 0 amide bonds. The molecule has 2 aromatic rings. The number of nitrogens with one attached hydrogen (secondary N) is 1. The molecule has 0 unspecified atom stereocenters. The lowest BCUT2D eigenvalue weighted by atomic mass is 10.1. The molecule has 4 heteroatoms. The summed E-state index contributed by atoms with van der Waals surface area (Å²) in [6.45, 7) is 3.37. The Hall–Kier alpha value is -0.900. The Bertz CT molecular complexity index is 586. The zero-order chi connectivity index (χ0) is 13.8. The van der Waals surface area contributed by atoms with E-state index in [1.807, 2.05) is 25.1 Å². The second-order valence-electron chi connectivity index (χ2n) is 4.41. The van der Waals surface area contributed by atoms with Crippen LogP contribution in [0.2, 0.25) is 5.02 Å². The van der Waals surface area contributed by atoms with Crippen molar-refractivity contribution in [3.8, 4) is 0 Å². The number of halogens is 3. The molecule has 0 aromatic heterocycles. The molecule has 0 saturated heterocycles. The van der Waals surface area contributed by atoms with E-state index in [2.05, 4.69) is 21.2 Å². The lowest BCUT2D eigenvalue weighted by Gasteiger charge is -2.09. The van der Waals surface area contributed by atoms with Crippen LogP contribution in [-0.4, -0.2) is 0 Å². The van der Waals surface area contributed by atoms with Crippen molar-refractivity contribution in [2.45, 2.75) is 20.0 Å². The van der Waals surface area contributed by atoms with Crippen LogP contribution in [0.3, 0.4) is 0 Å². The molecule has 0 bridgehead atoms. The topological polar surface area (TPSA) is 12.0 Å². The van der Waals surface area contributed by atoms with Crippen molar-refractivity contribution >= 4 is 27.5 Å². The van der Waals surface area contributed by atoms with E-state index < -0.39 is 0 Å². The van der Waals surface area contributed by atoms with Gasteiger partial charge in [0.2, 0.25) is 0 Å². The molecule has 100 valence electrons. The fraction of sp³-hybridized carbons (Fsp3) is 0.200. The van der Waals surface area contributed by atoms with Crippen LogP contribution in [0.4, 0.5) is 4.39 Å². The highest BCUT2D eigenvalue weighted by Gasteiger charge is 2.03. The number of hydrogen-bond donors (Lipinski definition) is 1. The maximum atomic E-state index is 13.1. The summed E-state index contributed by atoms with van der Waals surface area (Å²) in [4.78, 5) is 0. The van der Waals surface area contributed by atoms with Crippen LogP contribution in [0.1, 0.15) is 16.7 Å². The van der Waals surface area contributed by atoms with E-state index >= 15 is 0 Å². The number of hydrogen-bond acceptors (Lipinski definition) is 1. The Morgan fingerprint density at radius 1 is 1.11 bits per heavy atom. The Balaban J connectivity index is 1.98. The van der Waals surface area contributed by atoms with E-state index in [-0.39, 0.29) is 5.82 Å². The van der Waals surface area contributed by atoms with E-state index in [0.29, 0.717) is 6.54 Å². The number of rotatable bonds is 4. The summed E-state index contributed by atoms with van der Waals surface area (Å²) in [6.07, 6.45) is 0. The first-order valence-electron chi connectivity index (χ1n) is 5.96. The van der Waals surface area contributed by atoms with Gasteiger partial charge < -0.3 is 5.32 Å². The van der Waals surface area contributed by atoms with Crippen LogP contribution in [-0.2, 0) is 13.1 Å². The fourth-order valence-corrected chi connectivity index (χ4v) is 2.48. The SMILES string of the molecule is Cc1cc(Cl)ccc1CNCc1cc(F)ccc1Br. The van der Waals surface area contributed by atoms with Crippen LogP contribution in [0, 0.1) is 12.7 Å². The van der Waals surface area contributed by atoms with Gasteiger partial charge in [-0.25, -0.2) is 4.39 Å². The van der Waals surface area contributed by atoms with Gasteiger partial charge in [0.25, 0.3) is 0 Å². The van der Waals surface area contributed by atoms with Crippen LogP contribution in [0.5, 0.6) is 0 Å². The summed E-state index contributed by atoms with van der Waals surface area (Å²) in [5.41, 5.74) is 3.25. The monoisotopic (exact) mass is 341 g/mol. The second-order valence-corrected chi connectivity index (χ2v) is 5.70. The zero-order valence-electron chi connectivity index (χ0n) is 10.5. The molecule has 0 spiro atoms. The molecule has 0 aliphatic heterocycles. The molecule has 0 saturated carbocycles. The van der Waals surface area contributed by atoms with Gasteiger partial charge in [0, 0.05) is 22.6 Å². The maximum Gasteiger partial charge on any atom is 0.123 e. The molecule has 0 radical (unpaired) electrons. The van der Waals surface area contributed by atoms with E-state index in [0.717, 1.165) is 27.2 Å². The van der Waals surface area contributed by atoms with Gasteiger partial charge in [-0.1, -0.05) is 33.6 Å².